The summed E-state index contributed by atoms with van der Waals surface area (Å²) in [6.45, 7) is 0. The Balaban J connectivity index is -0.000000177. The van der Waals surface area contributed by atoms with Gasteiger partial charge in [-0.3, -0.25) is 4.57 Å². The summed E-state index contributed by atoms with van der Waals surface area (Å²) in [6.07, 6.45) is 1.12. The fraction of sp³-hybridized carbons (Fsp3) is 0. The molecule has 0 aliphatic carbocycles. The van der Waals surface area contributed by atoms with Crippen LogP contribution in [0.25, 0.3) is 0 Å². The minimum Gasteiger partial charge on any atom is -0.756 e. The van der Waals surface area contributed by atoms with Crippen LogP contribution in [0, 0.1) is 0 Å². The molecule has 0 spiro atoms. The average molecular weight is 236 g/mol. The largest absolute Gasteiger partial charge is 1.00 e. The van der Waals surface area contributed by atoms with Crippen molar-refractivity contribution in [3.63, 3.8) is 0 Å². The Kier molecular flexibility index (Phi) is 12.9. The van der Waals surface area contributed by atoms with Crippen LogP contribution in [0.2, 0.25) is 0 Å². The Morgan fingerprint density at radius 3 is 1.29 bits per heavy atom. The second kappa shape index (κ2) is 9.35. The standard InChI is InChI=1S/C4H4O4.Na.H3O4P/c5-3(6)1-2-4(7)8;;1-5(2,3)4/h1-2H,(H,5,6)(H,7,8);;(H3,1,2,3,4)/q;+1;/p-1. The van der Waals surface area contributed by atoms with Crippen LogP contribution in [0.5, 0.6) is 0 Å². The molecule has 0 aliphatic heterocycles. The number of rotatable bonds is 2. The van der Waals surface area contributed by atoms with E-state index in [9.17, 15) is 9.59 Å². The maximum atomic E-state index is 9.55. The molecule has 0 radical (unpaired) electrons. The molecule has 0 aromatic heterocycles. The summed E-state index contributed by atoms with van der Waals surface area (Å²) in [4.78, 5) is 42.0. The molecule has 0 saturated heterocycles. The zero-order chi connectivity index (χ0) is 11.1. The van der Waals surface area contributed by atoms with Gasteiger partial charge in [-0.2, -0.15) is 0 Å². The topological polar surface area (TPSA) is 155 Å². The van der Waals surface area contributed by atoms with Gasteiger partial charge in [0.15, 0.2) is 0 Å². The summed E-state index contributed by atoms with van der Waals surface area (Å²) < 4.78 is 8.77. The zero-order valence-corrected chi connectivity index (χ0v) is 9.92. The molecule has 0 aromatic rings. The Bertz CT molecular complexity index is 230. The Hall–Kier alpha value is -0.210. The smallest absolute Gasteiger partial charge is 0.756 e. The van der Waals surface area contributed by atoms with Crippen molar-refractivity contribution in [2.45, 2.75) is 0 Å². The number of phosphoric acid groups is 1. The van der Waals surface area contributed by atoms with Gasteiger partial charge in [-0.15, -0.1) is 0 Å². The van der Waals surface area contributed by atoms with E-state index < -0.39 is 19.8 Å². The molecule has 0 aliphatic rings. The summed E-state index contributed by atoms with van der Waals surface area (Å²) in [7, 11) is -4.89. The number of hydrogen-bond donors (Lipinski definition) is 4. The van der Waals surface area contributed by atoms with E-state index in [0.717, 1.165) is 0 Å². The van der Waals surface area contributed by atoms with Crippen molar-refractivity contribution < 1.29 is 68.6 Å². The maximum absolute atomic E-state index is 9.55. The second-order valence-electron chi connectivity index (χ2n) is 1.50. The maximum Gasteiger partial charge on any atom is 1.00 e. The number of carboxylic acid groups (broad SMARTS) is 2. The molecule has 0 rings (SSSR count). The molecule has 0 unspecified atom stereocenters. The average Bonchev–Trinajstić information content (AvgIpc) is 1.79. The number of aliphatic carboxylic acids is 2. The first-order valence-corrected chi connectivity index (χ1v) is 4.06. The van der Waals surface area contributed by atoms with Crippen molar-refractivity contribution in [2.75, 3.05) is 0 Å². The monoisotopic (exact) mass is 236 g/mol. The summed E-state index contributed by atoms with van der Waals surface area (Å²) in [5, 5.41) is 15.6. The first kappa shape index (κ1) is 19.4. The van der Waals surface area contributed by atoms with Gasteiger partial charge in [-0.05, 0) is 0 Å². The molecule has 8 nitrogen and oxygen atoms in total. The zero-order valence-electron chi connectivity index (χ0n) is 7.02. The Labute approximate surface area is 100 Å². The fourth-order valence-corrected chi connectivity index (χ4v) is 0.143. The van der Waals surface area contributed by atoms with Gasteiger partial charge in [-0.1, -0.05) is 0 Å². The van der Waals surface area contributed by atoms with Gasteiger partial charge < -0.3 is 24.9 Å². The Morgan fingerprint density at radius 2 is 1.21 bits per heavy atom. The number of carbonyl (C=O) groups is 2. The molecule has 0 fully saturated rings. The normalized spacial score (nSPS) is 9.64. The molecule has 0 bridgehead atoms. The van der Waals surface area contributed by atoms with Crippen molar-refractivity contribution in [1.29, 1.82) is 0 Å². The van der Waals surface area contributed by atoms with Crippen LogP contribution in [-0.2, 0) is 14.2 Å². The van der Waals surface area contributed by atoms with E-state index in [4.69, 9.17) is 29.5 Å². The number of carboxylic acids is 2. The van der Waals surface area contributed by atoms with E-state index in [1.165, 1.54) is 0 Å². The van der Waals surface area contributed by atoms with Crippen molar-refractivity contribution in [2.24, 2.45) is 0 Å². The molecule has 0 amide bonds. The molecule has 14 heavy (non-hydrogen) atoms. The quantitative estimate of drug-likeness (QED) is 0.211. The molecular formula is C4H6NaO8P. The van der Waals surface area contributed by atoms with E-state index in [2.05, 4.69) is 0 Å². The van der Waals surface area contributed by atoms with E-state index in [1.54, 1.807) is 0 Å². The molecule has 0 atom stereocenters. The van der Waals surface area contributed by atoms with Crippen LogP contribution in [0.3, 0.4) is 0 Å². The van der Waals surface area contributed by atoms with Crippen LogP contribution in [0.15, 0.2) is 12.2 Å². The first-order chi connectivity index (χ1) is 5.63. The van der Waals surface area contributed by atoms with Gasteiger partial charge in [0, 0.05) is 12.2 Å². The minimum atomic E-state index is -4.89. The van der Waals surface area contributed by atoms with Gasteiger partial charge in [-0.25, -0.2) is 9.59 Å². The summed E-state index contributed by atoms with van der Waals surface area (Å²) in [5.41, 5.74) is 0. The summed E-state index contributed by atoms with van der Waals surface area (Å²) >= 11 is 0. The first-order valence-electron chi connectivity index (χ1n) is 2.53. The van der Waals surface area contributed by atoms with E-state index in [0.29, 0.717) is 12.2 Å². The van der Waals surface area contributed by atoms with Gasteiger partial charge in [0.2, 0.25) is 0 Å². The predicted octanol–water partition coefficient (Wildman–Crippen LogP) is -4.84. The van der Waals surface area contributed by atoms with E-state index in [-0.39, 0.29) is 29.6 Å². The van der Waals surface area contributed by atoms with Crippen LogP contribution >= 0.6 is 7.82 Å². The molecule has 4 N–H and O–H groups in total. The molecule has 0 aromatic carbocycles. The summed E-state index contributed by atoms with van der Waals surface area (Å²) in [6, 6.07) is 0. The van der Waals surface area contributed by atoms with E-state index in [1.807, 2.05) is 0 Å². The third kappa shape index (κ3) is 59.8. The van der Waals surface area contributed by atoms with Gasteiger partial charge in [0.1, 0.15) is 0 Å². The molecule has 0 saturated carbocycles. The van der Waals surface area contributed by atoms with Crippen molar-refractivity contribution in [1.82, 2.24) is 0 Å². The van der Waals surface area contributed by atoms with Crippen molar-refractivity contribution >= 4 is 19.8 Å². The second-order valence-corrected chi connectivity index (χ2v) is 2.48. The minimum absolute atomic E-state index is 0. The van der Waals surface area contributed by atoms with Gasteiger partial charge >= 0.3 is 41.5 Å². The van der Waals surface area contributed by atoms with Gasteiger partial charge in [0.25, 0.3) is 7.82 Å². The van der Waals surface area contributed by atoms with Crippen molar-refractivity contribution in [3.05, 3.63) is 12.2 Å². The predicted molar refractivity (Wildman–Crippen MR) is 36.5 cm³/mol. The molecule has 10 heteroatoms. The Morgan fingerprint density at radius 1 is 1.07 bits per heavy atom. The molecule has 76 valence electrons. The van der Waals surface area contributed by atoms with Crippen LogP contribution in [0.4, 0.5) is 0 Å². The van der Waals surface area contributed by atoms with Gasteiger partial charge in [0.05, 0.1) is 0 Å². The third-order valence-corrected chi connectivity index (χ3v) is 0.368. The third-order valence-electron chi connectivity index (χ3n) is 0.368. The van der Waals surface area contributed by atoms with Crippen LogP contribution < -0.4 is 34.5 Å². The molecular weight excluding hydrogens is 230 g/mol. The van der Waals surface area contributed by atoms with Crippen LogP contribution in [-0.4, -0.2) is 31.9 Å². The van der Waals surface area contributed by atoms with E-state index >= 15 is 0 Å². The fourth-order valence-electron chi connectivity index (χ4n) is 0.143. The summed E-state index contributed by atoms with van der Waals surface area (Å²) in [5.74, 6) is -2.51. The number of hydrogen-bond acceptors (Lipinski definition) is 4. The van der Waals surface area contributed by atoms with Crippen LogP contribution in [0.1, 0.15) is 0 Å². The van der Waals surface area contributed by atoms with Crippen molar-refractivity contribution in [3.8, 4) is 0 Å². The molecule has 0 heterocycles. The SMILES string of the molecule is O=C(O)C=CC(=O)O.O=P([O-])(O)O.[Na+].